The first-order chi connectivity index (χ1) is 23.7. The molecule has 0 aliphatic heterocycles. The fraction of sp³-hybridized carbons (Fsp3) is 0. The molecule has 9 aromatic rings. The van der Waals surface area contributed by atoms with E-state index >= 15 is 0 Å². The van der Waals surface area contributed by atoms with Crippen molar-refractivity contribution in [3.63, 3.8) is 0 Å². The molecule has 4 nitrogen and oxygen atoms in total. The van der Waals surface area contributed by atoms with E-state index in [-0.39, 0.29) is 0 Å². The molecule has 0 aliphatic rings. The Kier molecular flexibility index (Phi) is 6.22. The summed E-state index contributed by atoms with van der Waals surface area (Å²) in [6, 6.07) is 54.6. The molecule has 0 saturated carbocycles. The van der Waals surface area contributed by atoms with Crippen molar-refractivity contribution < 1.29 is 0 Å². The molecule has 7 aromatic carbocycles. The van der Waals surface area contributed by atoms with Gasteiger partial charge in [0.1, 0.15) is 0 Å². The van der Waals surface area contributed by atoms with Crippen LogP contribution >= 0.6 is 0 Å². The third-order valence-corrected chi connectivity index (χ3v) is 9.35. The van der Waals surface area contributed by atoms with Crippen LogP contribution in [0.15, 0.2) is 158 Å². The summed E-state index contributed by atoms with van der Waals surface area (Å²) in [5.74, 6) is 0. The zero-order valence-electron chi connectivity index (χ0n) is 25.8. The van der Waals surface area contributed by atoms with Crippen LogP contribution in [0.2, 0.25) is 0 Å². The molecule has 0 unspecified atom stereocenters. The van der Waals surface area contributed by atoms with Crippen molar-refractivity contribution in [1.29, 1.82) is 0 Å². The minimum absolute atomic E-state index is 0.567. The Morgan fingerprint density at radius 2 is 0.917 bits per heavy atom. The molecule has 0 amide bonds. The monoisotopic (exact) mass is 610 g/mol. The molecule has 0 fully saturated rings. The molecule has 0 saturated heterocycles. The SMILES string of the molecule is [C-]#[N+]c1ccc(-c2cccc(-c3ccc(-n4c5ccccc5c5ccccc54)cc3)c2)c(-n2c3ccccc3c3ccc([N+]#[C-])cc32)c1. The number of fused-ring (bicyclic) bond motifs is 6. The minimum atomic E-state index is 0.567. The van der Waals surface area contributed by atoms with Crippen molar-refractivity contribution in [2.75, 3.05) is 0 Å². The first-order valence-corrected chi connectivity index (χ1v) is 15.8. The van der Waals surface area contributed by atoms with Gasteiger partial charge in [-0.2, -0.15) is 0 Å². The van der Waals surface area contributed by atoms with Gasteiger partial charge in [-0.25, -0.2) is 9.69 Å². The Morgan fingerprint density at radius 1 is 0.375 bits per heavy atom. The fourth-order valence-electron chi connectivity index (χ4n) is 7.18. The van der Waals surface area contributed by atoms with Crippen LogP contribution in [0.25, 0.3) is 86.9 Å². The lowest BCUT2D eigenvalue weighted by Gasteiger charge is -2.16. The topological polar surface area (TPSA) is 18.6 Å². The number of hydrogen-bond donors (Lipinski definition) is 0. The molecule has 0 bridgehead atoms. The van der Waals surface area contributed by atoms with Crippen molar-refractivity contribution in [3.8, 4) is 33.6 Å². The summed E-state index contributed by atoms with van der Waals surface area (Å²) >= 11 is 0. The highest BCUT2D eigenvalue weighted by atomic mass is 15.0. The number of nitrogens with zero attached hydrogens (tertiary/aromatic N) is 4. The maximum Gasteiger partial charge on any atom is 0.189 e. The van der Waals surface area contributed by atoms with Gasteiger partial charge in [-0.1, -0.05) is 109 Å². The predicted molar refractivity (Wildman–Crippen MR) is 199 cm³/mol. The van der Waals surface area contributed by atoms with Gasteiger partial charge in [-0.15, -0.1) is 0 Å². The third-order valence-electron chi connectivity index (χ3n) is 9.35. The van der Waals surface area contributed by atoms with Crippen LogP contribution in [0.3, 0.4) is 0 Å². The Morgan fingerprint density at radius 3 is 1.56 bits per heavy atom. The van der Waals surface area contributed by atoms with E-state index in [9.17, 15) is 0 Å². The van der Waals surface area contributed by atoms with Crippen molar-refractivity contribution >= 4 is 55.0 Å². The minimum Gasteiger partial charge on any atom is -0.311 e. The molecule has 0 N–H and O–H groups in total. The highest BCUT2D eigenvalue weighted by Crippen LogP contribution is 2.40. The number of aromatic nitrogens is 2. The quantitative estimate of drug-likeness (QED) is 0.177. The average molecular weight is 611 g/mol. The molecule has 222 valence electrons. The predicted octanol–water partition coefficient (Wildman–Crippen LogP) is 12.3. The summed E-state index contributed by atoms with van der Waals surface area (Å²) in [6.45, 7) is 15.5. The van der Waals surface area contributed by atoms with Crippen molar-refractivity contribution in [1.82, 2.24) is 9.13 Å². The summed E-state index contributed by atoms with van der Waals surface area (Å²) in [7, 11) is 0. The molecule has 0 atom stereocenters. The van der Waals surface area contributed by atoms with Gasteiger partial charge >= 0.3 is 0 Å². The Bertz CT molecular complexity index is 2750. The normalized spacial score (nSPS) is 11.3. The van der Waals surface area contributed by atoms with E-state index in [1.807, 2.05) is 48.5 Å². The van der Waals surface area contributed by atoms with E-state index in [2.05, 4.69) is 128 Å². The van der Waals surface area contributed by atoms with E-state index in [0.717, 1.165) is 55.4 Å². The number of para-hydroxylation sites is 3. The second-order valence-corrected chi connectivity index (χ2v) is 12.0. The fourth-order valence-corrected chi connectivity index (χ4v) is 7.18. The molecule has 48 heavy (non-hydrogen) atoms. The van der Waals surface area contributed by atoms with Crippen LogP contribution in [-0.4, -0.2) is 9.13 Å². The van der Waals surface area contributed by atoms with E-state index in [4.69, 9.17) is 13.1 Å². The second-order valence-electron chi connectivity index (χ2n) is 12.0. The van der Waals surface area contributed by atoms with Gasteiger partial charge in [0.05, 0.1) is 29.7 Å². The van der Waals surface area contributed by atoms with E-state index < -0.39 is 0 Å². The standard InChI is InChI=1S/C44H26N4/c1-45-32-20-24-35(43(27-32)48-42-17-8-5-14-38(42)39-25-21-33(46-2)28-44(39)48)31-11-9-10-30(26-31)29-18-22-34(23-19-29)47-40-15-6-3-12-36(40)37-13-4-7-16-41(37)47/h3-28H. The van der Waals surface area contributed by atoms with Gasteiger partial charge in [0.2, 0.25) is 0 Å². The second kappa shape index (κ2) is 10.9. The Hall–Kier alpha value is -6.88. The zero-order valence-corrected chi connectivity index (χ0v) is 25.8. The van der Waals surface area contributed by atoms with Crippen LogP contribution < -0.4 is 0 Å². The van der Waals surface area contributed by atoms with Gasteiger partial charge < -0.3 is 9.13 Å². The first-order valence-electron chi connectivity index (χ1n) is 15.8. The lowest BCUT2D eigenvalue weighted by molar-refractivity contribution is 1.18. The van der Waals surface area contributed by atoms with Crippen LogP contribution in [-0.2, 0) is 0 Å². The lowest BCUT2D eigenvalue weighted by Crippen LogP contribution is -1.97. The van der Waals surface area contributed by atoms with Crippen LogP contribution in [0.1, 0.15) is 0 Å². The van der Waals surface area contributed by atoms with Gasteiger partial charge in [0.25, 0.3) is 0 Å². The third kappa shape index (κ3) is 4.22. The smallest absolute Gasteiger partial charge is 0.189 e. The summed E-state index contributed by atoms with van der Waals surface area (Å²) in [5, 5.41) is 4.69. The molecule has 4 heteroatoms. The van der Waals surface area contributed by atoms with Crippen LogP contribution in [0.4, 0.5) is 11.4 Å². The number of benzene rings is 7. The van der Waals surface area contributed by atoms with Gasteiger partial charge in [-0.05, 0) is 65.2 Å². The lowest BCUT2D eigenvalue weighted by atomic mass is 9.97. The molecule has 9 rings (SSSR count). The highest BCUT2D eigenvalue weighted by molar-refractivity contribution is 6.11. The van der Waals surface area contributed by atoms with Gasteiger partial charge in [0, 0.05) is 44.0 Å². The van der Waals surface area contributed by atoms with Crippen molar-refractivity contribution in [2.24, 2.45) is 0 Å². The number of hydrogen-bond acceptors (Lipinski definition) is 0. The zero-order chi connectivity index (χ0) is 32.2. The summed E-state index contributed by atoms with van der Waals surface area (Å²) in [5.41, 5.74) is 11.9. The summed E-state index contributed by atoms with van der Waals surface area (Å²) < 4.78 is 4.54. The van der Waals surface area contributed by atoms with E-state index in [0.29, 0.717) is 11.4 Å². The van der Waals surface area contributed by atoms with Crippen molar-refractivity contribution in [2.45, 2.75) is 0 Å². The maximum absolute atomic E-state index is 7.81. The van der Waals surface area contributed by atoms with E-state index in [1.165, 1.54) is 21.8 Å². The van der Waals surface area contributed by atoms with Crippen LogP contribution in [0, 0.1) is 13.1 Å². The molecular weight excluding hydrogens is 585 g/mol. The molecule has 0 aliphatic carbocycles. The Balaban J connectivity index is 1.18. The molecule has 0 radical (unpaired) electrons. The summed E-state index contributed by atoms with van der Waals surface area (Å²) in [6.07, 6.45) is 0. The molecular formula is C44H26N4. The van der Waals surface area contributed by atoms with Crippen molar-refractivity contribution in [3.05, 3.63) is 181 Å². The van der Waals surface area contributed by atoms with E-state index in [1.54, 1.807) is 0 Å². The average Bonchev–Trinajstić information content (AvgIpc) is 3.67. The first kappa shape index (κ1) is 27.4. The number of rotatable bonds is 4. The Labute approximate surface area is 277 Å². The molecule has 0 spiro atoms. The maximum atomic E-state index is 7.81. The van der Waals surface area contributed by atoms with Gasteiger partial charge in [-0.3, -0.25) is 0 Å². The summed E-state index contributed by atoms with van der Waals surface area (Å²) in [4.78, 5) is 7.51. The largest absolute Gasteiger partial charge is 0.311 e. The molecule has 2 heterocycles. The highest BCUT2D eigenvalue weighted by Gasteiger charge is 2.17. The van der Waals surface area contributed by atoms with Gasteiger partial charge in [0.15, 0.2) is 11.4 Å². The molecule has 2 aromatic heterocycles. The van der Waals surface area contributed by atoms with Crippen LogP contribution in [0.5, 0.6) is 0 Å².